The molecule has 8 nitrogen and oxygen atoms in total. The zero-order chi connectivity index (χ0) is 16.7. The summed E-state index contributed by atoms with van der Waals surface area (Å²) in [6.07, 6.45) is 1.74. The number of carbonyl (C=O) groups is 1. The Kier molecular flexibility index (Phi) is 3.35. The second kappa shape index (κ2) is 5.53. The number of nitrogens with zero attached hydrogens (tertiary/aromatic N) is 4. The molecule has 0 unspecified atom stereocenters. The maximum atomic E-state index is 12.4. The molecular formula is C15H12N6O2S. The Bertz CT molecular complexity index is 1080. The predicted octanol–water partition coefficient (Wildman–Crippen LogP) is 1.52. The number of benzene rings is 1. The average Bonchev–Trinajstić information content (AvgIpc) is 3.15. The molecule has 1 amide bonds. The van der Waals surface area contributed by atoms with E-state index in [9.17, 15) is 9.59 Å². The van der Waals surface area contributed by atoms with Crippen LogP contribution >= 0.6 is 11.3 Å². The fraction of sp³-hybridized carbons (Fsp3) is 0.133. The summed E-state index contributed by atoms with van der Waals surface area (Å²) in [5, 5.41) is 6.85. The Hall–Kier alpha value is -3.07. The Morgan fingerprint density at radius 3 is 3.00 bits per heavy atom. The molecule has 0 saturated heterocycles. The molecule has 0 aliphatic heterocycles. The molecule has 24 heavy (non-hydrogen) atoms. The molecule has 0 spiro atoms. The Labute approximate surface area is 139 Å². The van der Waals surface area contributed by atoms with Crippen LogP contribution in [0.25, 0.3) is 16.0 Å². The van der Waals surface area contributed by atoms with Crippen LogP contribution in [0.15, 0.2) is 40.8 Å². The highest BCUT2D eigenvalue weighted by molar-refractivity contribution is 7.14. The molecule has 4 aromatic rings. The minimum Gasteiger partial charge on any atom is -0.342 e. The van der Waals surface area contributed by atoms with Crippen LogP contribution in [0.3, 0.4) is 0 Å². The number of para-hydroxylation sites is 2. The first-order valence-electron chi connectivity index (χ1n) is 7.20. The van der Waals surface area contributed by atoms with Gasteiger partial charge in [0.1, 0.15) is 5.51 Å². The van der Waals surface area contributed by atoms with Crippen LogP contribution in [0.2, 0.25) is 0 Å². The van der Waals surface area contributed by atoms with Crippen LogP contribution in [0, 0.1) is 0 Å². The van der Waals surface area contributed by atoms with Crippen LogP contribution < -0.4 is 10.9 Å². The van der Waals surface area contributed by atoms with Crippen molar-refractivity contribution >= 4 is 33.2 Å². The molecule has 2 N–H and O–H groups in total. The van der Waals surface area contributed by atoms with Gasteiger partial charge in [0, 0.05) is 0 Å². The number of hydrogen-bond acceptors (Lipinski definition) is 6. The van der Waals surface area contributed by atoms with Crippen LogP contribution in [-0.2, 0) is 0 Å². The van der Waals surface area contributed by atoms with Crippen molar-refractivity contribution in [1.82, 2.24) is 29.9 Å². The van der Waals surface area contributed by atoms with E-state index in [1.54, 1.807) is 47.4 Å². The van der Waals surface area contributed by atoms with Gasteiger partial charge in [0.25, 0.3) is 11.5 Å². The summed E-state index contributed by atoms with van der Waals surface area (Å²) in [4.78, 5) is 36.4. The number of amides is 1. The lowest BCUT2D eigenvalue weighted by Crippen LogP contribution is -2.33. The molecule has 1 aromatic carbocycles. The van der Waals surface area contributed by atoms with Gasteiger partial charge in [0.2, 0.25) is 4.96 Å². The number of fused-ring (bicyclic) bond motifs is 2. The molecule has 1 atom stereocenters. The van der Waals surface area contributed by atoms with E-state index < -0.39 is 11.5 Å². The minimum absolute atomic E-state index is 0.167. The molecule has 120 valence electrons. The Morgan fingerprint density at radius 1 is 1.33 bits per heavy atom. The standard InChI is InChI=1S/C15H12N6O2S/c1-8(11-6-21-15(20-11)24-7-16-21)17-13(22)12-14(23)19-10-5-3-2-4-9(10)18-12/h2-8H,1H3,(H,17,22)(H,19,23)/t8-/m1/s1. The van der Waals surface area contributed by atoms with Crippen molar-refractivity contribution in [1.29, 1.82) is 0 Å². The van der Waals surface area contributed by atoms with E-state index in [2.05, 4.69) is 25.4 Å². The summed E-state index contributed by atoms with van der Waals surface area (Å²) in [7, 11) is 0. The van der Waals surface area contributed by atoms with Crippen molar-refractivity contribution in [3.63, 3.8) is 0 Å². The largest absolute Gasteiger partial charge is 0.342 e. The van der Waals surface area contributed by atoms with Crippen LogP contribution in [0.1, 0.15) is 29.1 Å². The van der Waals surface area contributed by atoms with E-state index >= 15 is 0 Å². The van der Waals surface area contributed by atoms with E-state index in [0.29, 0.717) is 16.7 Å². The van der Waals surface area contributed by atoms with E-state index in [1.165, 1.54) is 11.3 Å². The molecule has 0 bridgehead atoms. The fourth-order valence-corrected chi connectivity index (χ4v) is 3.00. The number of rotatable bonds is 3. The smallest absolute Gasteiger partial charge is 0.280 e. The van der Waals surface area contributed by atoms with Gasteiger partial charge in [-0.2, -0.15) is 5.10 Å². The fourth-order valence-electron chi connectivity index (χ4n) is 2.39. The summed E-state index contributed by atoms with van der Waals surface area (Å²) in [6.45, 7) is 1.79. The summed E-state index contributed by atoms with van der Waals surface area (Å²) < 4.78 is 1.64. The van der Waals surface area contributed by atoms with Gasteiger partial charge in [-0.3, -0.25) is 9.59 Å². The molecule has 3 aromatic heterocycles. The number of imidazole rings is 1. The molecule has 0 aliphatic carbocycles. The molecule has 0 radical (unpaired) electrons. The van der Waals surface area contributed by atoms with Crippen molar-refractivity contribution < 1.29 is 4.79 Å². The monoisotopic (exact) mass is 340 g/mol. The van der Waals surface area contributed by atoms with Crippen molar-refractivity contribution in [2.45, 2.75) is 13.0 Å². The first-order valence-corrected chi connectivity index (χ1v) is 8.08. The third-order valence-corrected chi connectivity index (χ3v) is 4.30. The molecule has 0 aliphatic rings. The lowest BCUT2D eigenvalue weighted by molar-refractivity contribution is 0.0933. The summed E-state index contributed by atoms with van der Waals surface area (Å²) in [6, 6.07) is 6.68. The number of hydrogen-bond donors (Lipinski definition) is 2. The normalized spacial score (nSPS) is 12.5. The van der Waals surface area contributed by atoms with Crippen LogP contribution in [0.4, 0.5) is 0 Å². The third kappa shape index (κ3) is 2.44. The van der Waals surface area contributed by atoms with Gasteiger partial charge in [-0.1, -0.05) is 23.5 Å². The second-order valence-corrected chi connectivity index (χ2v) is 6.07. The number of H-pyrrole nitrogens is 1. The third-order valence-electron chi connectivity index (χ3n) is 3.61. The summed E-state index contributed by atoms with van der Waals surface area (Å²) >= 11 is 1.41. The van der Waals surface area contributed by atoms with Gasteiger partial charge in [0.05, 0.1) is 29.0 Å². The highest BCUT2D eigenvalue weighted by Crippen LogP contribution is 2.15. The van der Waals surface area contributed by atoms with Crippen LogP contribution in [0.5, 0.6) is 0 Å². The van der Waals surface area contributed by atoms with Crippen LogP contribution in [-0.4, -0.2) is 30.5 Å². The topological polar surface area (TPSA) is 105 Å². The zero-order valence-electron chi connectivity index (χ0n) is 12.6. The quantitative estimate of drug-likeness (QED) is 0.588. The predicted molar refractivity (Wildman–Crippen MR) is 89.1 cm³/mol. The van der Waals surface area contributed by atoms with Gasteiger partial charge < -0.3 is 10.3 Å². The average molecular weight is 340 g/mol. The molecule has 4 rings (SSSR count). The van der Waals surface area contributed by atoms with Gasteiger partial charge in [-0.05, 0) is 19.1 Å². The van der Waals surface area contributed by atoms with Gasteiger partial charge >= 0.3 is 0 Å². The number of aromatic nitrogens is 5. The van der Waals surface area contributed by atoms with Gasteiger partial charge in [0.15, 0.2) is 5.69 Å². The SMILES string of the molecule is C[C@@H](NC(=O)c1nc2ccccc2[nH]c1=O)c1cn2ncsc2n1. The van der Waals surface area contributed by atoms with Gasteiger partial charge in [-0.25, -0.2) is 14.5 Å². The number of carbonyl (C=O) groups excluding carboxylic acids is 1. The summed E-state index contributed by atoms with van der Waals surface area (Å²) in [5.41, 5.74) is 2.81. The van der Waals surface area contributed by atoms with E-state index in [-0.39, 0.29) is 11.7 Å². The number of nitrogens with one attached hydrogen (secondary N) is 2. The first kappa shape index (κ1) is 14.5. The first-order chi connectivity index (χ1) is 11.6. The Balaban J connectivity index is 1.62. The molecule has 0 saturated carbocycles. The highest BCUT2D eigenvalue weighted by Gasteiger charge is 2.19. The molecular weight excluding hydrogens is 328 g/mol. The van der Waals surface area contributed by atoms with E-state index in [0.717, 1.165) is 4.96 Å². The maximum Gasteiger partial charge on any atom is 0.280 e. The molecule has 0 fully saturated rings. The maximum absolute atomic E-state index is 12.4. The van der Waals surface area contributed by atoms with E-state index in [4.69, 9.17) is 0 Å². The minimum atomic E-state index is -0.543. The lowest BCUT2D eigenvalue weighted by Gasteiger charge is -2.10. The lowest BCUT2D eigenvalue weighted by atomic mass is 10.2. The zero-order valence-corrected chi connectivity index (χ0v) is 13.4. The highest BCUT2D eigenvalue weighted by atomic mass is 32.1. The second-order valence-electron chi connectivity index (χ2n) is 5.26. The molecule has 9 heteroatoms. The van der Waals surface area contributed by atoms with Crippen molar-refractivity contribution in [3.05, 3.63) is 57.7 Å². The van der Waals surface area contributed by atoms with E-state index in [1.807, 2.05) is 0 Å². The van der Waals surface area contributed by atoms with Crippen molar-refractivity contribution in [2.24, 2.45) is 0 Å². The number of aromatic amines is 1. The summed E-state index contributed by atoms with van der Waals surface area (Å²) in [5.74, 6) is -0.543. The molecule has 3 heterocycles. The Morgan fingerprint density at radius 2 is 2.17 bits per heavy atom. The van der Waals surface area contributed by atoms with Crippen molar-refractivity contribution in [3.8, 4) is 0 Å². The van der Waals surface area contributed by atoms with Crippen molar-refractivity contribution in [2.75, 3.05) is 0 Å². The van der Waals surface area contributed by atoms with Gasteiger partial charge in [-0.15, -0.1) is 0 Å².